The third-order valence-corrected chi connectivity index (χ3v) is 3.96. The van der Waals surface area contributed by atoms with E-state index in [1.165, 1.54) is 18.9 Å². The molecule has 23 heavy (non-hydrogen) atoms. The van der Waals surface area contributed by atoms with Crippen LogP contribution in [-0.4, -0.2) is 27.5 Å². The third kappa shape index (κ3) is 9.41. The first-order valence-corrected chi connectivity index (χ1v) is 8.70. The zero-order valence-corrected chi connectivity index (χ0v) is 14.0. The average molecular weight is 326 g/mol. The van der Waals surface area contributed by atoms with Crippen molar-refractivity contribution in [3.05, 3.63) is 28.3 Å². The second-order valence-corrected chi connectivity index (χ2v) is 6.25. The molecule has 0 aliphatic rings. The second kappa shape index (κ2) is 11.2. The van der Waals surface area contributed by atoms with Crippen LogP contribution in [0.15, 0.2) is 21.3 Å². The van der Waals surface area contributed by atoms with Crippen LogP contribution in [0.5, 0.6) is 5.75 Å². The Hall–Kier alpha value is -1.33. The molecule has 0 saturated carbocycles. The van der Waals surface area contributed by atoms with Gasteiger partial charge in [0.2, 0.25) is 0 Å². The molecule has 1 heterocycles. The third-order valence-electron chi connectivity index (χ3n) is 3.96. The minimum Gasteiger partial charge on any atom is -0.508 e. The summed E-state index contributed by atoms with van der Waals surface area (Å²) < 4.78 is 4.93. The maximum atomic E-state index is 11.1. The normalized spacial score (nSPS) is 13.9. The van der Waals surface area contributed by atoms with E-state index in [0.29, 0.717) is 12.2 Å². The number of aliphatic hydroxyl groups excluding tert-OH is 2. The van der Waals surface area contributed by atoms with Gasteiger partial charge in [-0.15, -0.1) is 0 Å². The fourth-order valence-corrected chi connectivity index (χ4v) is 2.66. The molecule has 3 N–H and O–H groups in total. The Balaban J connectivity index is 2.12. The van der Waals surface area contributed by atoms with E-state index in [1.54, 1.807) is 0 Å². The standard InChI is InChI=1S/C18H30O5/c1-2-3-5-8-14(19)9-6-4-7-10-15(20)11-17-12-16(21)13-18(22)23-17/h12-15,19-21H,2-11H2,1H3. The van der Waals surface area contributed by atoms with Gasteiger partial charge in [-0.05, 0) is 19.3 Å². The molecule has 5 nitrogen and oxygen atoms in total. The highest BCUT2D eigenvalue weighted by molar-refractivity contribution is 5.18. The Kier molecular flexibility index (Phi) is 9.64. The van der Waals surface area contributed by atoms with Crippen molar-refractivity contribution in [1.82, 2.24) is 0 Å². The maximum Gasteiger partial charge on any atom is 0.339 e. The number of aliphatic hydroxyl groups is 2. The molecule has 1 aromatic heterocycles. The SMILES string of the molecule is CCCCCC(O)CCCCCC(O)Cc1cc(O)cc(=O)o1. The van der Waals surface area contributed by atoms with Crippen molar-refractivity contribution in [2.45, 2.75) is 83.3 Å². The van der Waals surface area contributed by atoms with Gasteiger partial charge in [0.25, 0.3) is 0 Å². The summed E-state index contributed by atoms with van der Waals surface area (Å²) in [5.74, 6) is 0.161. The highest BCUT2D eigenvalue weighted by Crippen LogP contribution is 2.15. The molecule has 2 unspecified atom stereocenters. The van der Waals surface area contributed by atoms with Crippen LogP contribution in [0.4, 0.5) is 0 Å². The molecule has 0 bridgehead atoms. The Bertz CT molecular complexity index is 483. The molecule has 2 atom stereocenters. The number of unbranched alkanes of at least 4 members (excludes halogenated alkanes) is 4. The minimum atomic E-state index is -0.607. The molecular weight excluding hydrogens is 296 g/mol. The number of rotatable bonds is 12. The van der Waals surface area contributed by atoms with E-state index in [0.717, 1.165) is 44.6 Å². The predicted molar refractivity (Wildman–Crippen MR) is 89.6 cm³/mol. The molecule has 1 aromatic rings. The Morgan fingerprint density at radius 2 is 1.57 bits per heavy atom. The van der Waals surface area contributed by atoms with Crippen molar-refractivity contribution in [3.63, 3.8) is 0 Å². The van der Waals surface area contributed by atoms with Gasteiger partial charge < -0.3 is 19.7 Å². The first-order valence-electron chi connectivity index (χ1n) is 8.70. The van der Waals surface area contributed by atoms with Crippen LogP contribution in [0.1, 0.15) is 70.5 Å². The first-order chi connectivity index (χ1) is 11.0. The fraction of sp³-hybridized carbons (Fsp3) is 0.722. The largest absolute Gasteiger partial charge is 0.508 e. The van der Waals surface area contributed by atoms with Crippen LogP contribution in [0.2, 0.25) is 0 Å². The molecule has 0 amide bonds. The van der Waals surface area contributed by atoms with Crippen LogP contribution in [0, 0.1) is 0 Å². The van der Waals surface area contributed by atoms with Gasteiger partial charge in [0.15, 0.2) is 0 Å². The lowest BCUT2D eigenvalue weighted by molar-refractivity contribution is 0.141. The Morgan fingerprint density at radius 3 is 2.17 bits per heavy atom. The van der Waals surface area contributed by atoms with Gasteiger partial charge in [-0.3, -0.25) is 0 Å². The molecule has 0 spiro atoms. The van der Waals surface area contributed by atoms with E-state index in [1.807, 2.05) is 0 Å². The number of hydrogen-bond donors (Lipinski definition) is 3. The van der Waals surface area contributed by atoms with Gasteiger partial charge in [0.1, 0.15) is 11.5 Å². The van der Waals surface area contributed by atoms with E-state index in [4.69, 9.17) is 4.42 Å². The van der Waals surface area contributed by atoms with E-state index in [-0.39, 0.29) is 18.3 Å². The number of hydrogen-bond acceptors (Lipinski definition) is 5. The summed E-state index contributed by atoms with van der Waals surface area (Å²) in [4.78, 5) is 11.1. The van der Waals surface area contributed by atoms with Gasteiger partial charge in [-0.2, -0.15) is 0 Å². The zero-order valence-electron chi connectivity index (χ0n) is 14.0. The molecule has 0 saturated heterocycles. The van der Waals surface area contributed by atoms with Gasteiger partial charge in [-0.1, -0.05) is 45.4 Å². The van der Waals surface area contributed by atoms with Crippen LogP contribution in [0.3, 0.4) is 0 Å². The lowest BCUT2D eigenvalue weighted by Crippen LogP contribution is -2.12. The summed E-state index contributed by atoms with van der Waals surface area (Å²) in [7, 11) is 0. The summed E-state index contributed by atoms with van der Waals surface area (Å²) in [6.07, 6.45) is 7.98. The Labute approximate surface area is 138 Å². The molecule has 1 rings (SSSR count). The summed E-state index contributed by atoms with van der Waals surface area (Å²) in [6, 6.07) is 2.36. The van der Waals surface area contributed by atoms with Crippen molar-refractivity contribution in [1.29, 1.82) is 0 Å². The zero-order chi connectivity index (χ0) is 17.1. The average Bonchev–Trinajstić information content (AvgIpc) is 2.46. The summed E-state index contributed by atoms with van der Waals surface area (Å²) >= 11 is 0. The highest BCUT2D eigenvalue weighted by atomic mass is 16.4. The molecule has 0 aromatic carbocycles. The second-order valence-electron chi connectivity index (χ2n) is 6.25. The lowest BCUT2D eigenvalue weighted by atomic mass is 10.0. The smallest absolute Gasteiger partial charge is 0.339 e. The molecule has 5 heteroatoms. The van der Waals surface area contributed by atoms with Crippen molar-refractivity contribution in [3.8, 4) is 5.75 Å². The Morgan fingerprint density at radius 1 is 0.957 bits per heavy atom. The highest BCUT2D eigenvalue weighted by Gasteiger charge is 2.10. The van der Waals surface area contributed by atoms with Crippen LogP contribution in [-0.2, 0) is 6.42 Å². The van der Waals surface area contributed by atoms with Gasteiger partial charge >= 0.3 is 5.63 Å². The topological polar surface area (TPSA) is 90.9 Å². The van der Waals surface area contributed by atoms with Crippen molar-refractivity contribution in [2.75, 3.05) is 0 Å². The van der Waals surface area contributed by atoms with Crippen molar-refractivity contribution >= 4 is 0 Å². The summed E-state index contributed by atoms with van der Waals surface area (Å²) in [5, 5.41) is 29.1. The van der Waals surface area contributed by atoms with Gasteiger partial charge in [-0.25, -0.2) is 4.79 Å². The van der Waals surface area contributed by atoms with E-state index >= 15 is 0 Å². The van der Waals surface area contributed by atoms with Crippen LogP contribution >= 0.6 is 0 Å². The van der Waals surface area contributed by atoms with E-state index < -0.39 is 11.7 Å². The van der Waals surface area contributed by atoms with Crippen molar-refractivity contribution < 1.29 is 19.7 Å². The molecule has 0 aliphatic carbocycles. The van der Waals surface area contributed by atoms with Gasteiger partial charge in [0, 0.05) is 12.5 Å². The minimum absolute atomic E-state index is 0.138. The maximum absolute atomic E-state index is 11.1. The molecule has 132 valence electrons. The van der Waals surface area contributed by atoms with E-state index in [2.05, 4.69) is 6.92 Å². The van der Waals surface area contributed by atoms with Crippen molar-refractivity contribution in [2.24, 2.45) is 0 Å². The predicted octanol–water partition coefficient (Wildman–Crippen LogP) is 3.14. The lowest BCUT2D eigenvalue weighted by Gasteiger charge is -2.11. The molecule has 0 fully saturated rings. The van der Waals surface area contributed by atoms with Gasteiger partial charge in [0.05, 0.1) is 18.3 Å². The molecule has 0 aliphatic heterocycles. The summed E-state index contributed by atoms with van der Waals surface area (Å²) in [6.45, 7) is 2.15. The first kappa shape index (κ1) is 19.7. The quantitative estimate of drug-likeness (QED) is 0.513. The monoisotopic (exact) mass is 326 g/mol. The summed E-state index contributed by atoms with van der Waals surface area (Å²) in [5.41, 5.74) is -0.607. The fourth-order valence-electron chi connectivity index (χ4n) is 2.66. The molecule has 0 radical (unpaired) electrons. The van der Waals surface area contributed by atoms with Crippen LogP contribution < -0.4 is 5.63 Å². The van der Waals surface area contributed by atoms with E-state index in [9.17, 15) is 20.1 Å². The number of aromatic hydroxyl groups is 1. The molecular formula is C18H30O5. The van der Waals surface area contributed by atoms with Crippen LogP contribution in [0.25, 0.3) is 0 Å².